The van der Waals surface area contributed by atoms with Crippen molar-refractivity contribution in [1.29, 1.82) is 0 Å². The van der Waals surface area contributed by atoms with E-state index in [1.165, 1.54) is 6.07 Å². The number of aromatic nitrogens is 1. The summed E-state index contributed by atoms with van der Waals surface area (Å²) in [6, 6.07) is 4.51. The predicted octanol–water partition coefficient (Wildman–Crippen LogP) is 3.15. The second kappa shape index (κ2) is 4.25. The Morgan fingerprint density at radius 3 is 2.47 bits per heavy atom. The van der Waals surface area contributed by atoms with E-state index in [9.17, 15) is 19.0 Å². The summed E-state index contributed by atoms with van der Waals surface area (Å²) in [5, 5.41) is 19.2. The van der Waals surface area contributed by atoms with Gasteiger partial charge in [-0.15, -0.1) is 0 Å². The van der Waals surface area contributed by atoms with E-state index in [2.05, 4.69) is 0 Å². The summed E-state index contributed by atoms with van der Waals surface area (Å²) in [4.78, 5) is 0. The minimum absolute atomic E-state index is 0.00314. The maximum absolute atomic E-state index is 12.9. The average molecular weight is 260 g/mol. The van der Waals surface area contributed by atoms with Crippen LogP contribution in [0.4, 0.5) is 8.78 Å². The van der Waals surface area contributed by atoms with Gasteiger partial charge in [0.05, 0.1) is 10.7 Å². The van der Waals surface area contributed by atoms with E-state index in [0.717, 1.165) is 22.8 Å². The van der Waals surface area contributed by atoms with Crippen LogP contribution in [0.3, 0.4) is 0 Å². The largest absolute Gasteiger partial charge is 0.494 e. The molecule has 1 aromatic carbocycles. The van der Waals surface area contributed by atoms with Gasteiger partial charge in [0.1, 0.15) is 12.5 Å². The van der Waals surface area contributed by atoms with E-state index in [1.807, 2.05) is 0 Å². The molecule has 1 aromatic heterocycles. The normalized spacial score (nSPS) is 10.8. The quantitative estimate of drug-likeness (QED) is 0.870. The topological polar surface area (TPSA) is 45.4 Å². The van der Waals surface area contributed by atoms with Gasteiger partial charge in [0, 0.05) is 11.6 Å². The second-order valence-electron chi connectivity index (χ2n) is 3.42. The lowest BCUT2D eigenvalue weighted by Gasteiger charge is -2.08. The first-order valence-electron chi connectivity index (χ1n) is 4.68. The molecule has 2 aromatic rings. The minimum atomic E-state index is -0.925. The maximum atomic E-state index is 12.9. The van der Waals surface area contributed by atoms with Gasteiger partial charge in [-0.05, 0) is 18.2 Å². The molecule has 0 saturated heterocycles. The Kier molecular flexibility index (Phi) is 2.93. The minimum Gasteiger partial charge on any atom is -0.494 e. The van der Waals surface area contributed by atoms with Gasteiger partial charge in [0.15, 0.2) is 5.88 Å². The van der Waals surface area contributed by atoms with Crippen molar-refractivity contribution < 1.29 is 19.0 Å². The predicted molar refractivity (Wildman–Crippen MR) is 58.9 cm³/mol. The van der Waals surface area contributed by atoms with Crippen LogP contribution < -0.4 is 0 Å². The molecule has 0 fully saturated rings. The first kappa shape index (κ1) is 11.7. The fourth-order valence-electron chi connectivity index (χ4n) is 1.54. The molecule has 1 heterocycles. The van der Waals surface area contributed by atoms with E-state index < -0.39 is 18.4 Å². The van der Waals surface area contributed by atoms with E-state index in [1.54, 1.807) is 0 Å². The van der Waals surface area contributed by atoms with Gasteiger partial charge in [-0.2, -0.15) is 0 Å². The highest BCUT2D eigenvalue weighted by atomic mass is 35.5. The fourth-order valence-corrected chi connectivity index (χ4v) is 1.79. The maximum Gasteiger partial charge on any atom is 0.204 e. The number of halogens is 3. The highest BCUT2D eigenvalue weighted by Crippen LogP contribution is 2.35. The number of benzene rings is 1. The molecule has 2 N–H and O–H groups in total. The van der Waals surface area contributed by atoms with Gasteiger partial charge >= 0.3 is 0 Å². The van der Waals surface area contributed by atoms with Crippen molar-refractivity contribution in [3.05, 3.63) is 40.7 Å². The summed E-state index contributed by atoms with van der Waals surface area (Å²) in [5.74, 6) is -1.38. The van der Waals surface area contributed by atoms with Gasteiger partial charge in [-0.3, -0.25) is 0 Å². The molecule has 0 radical (unpaired) electrons. The zero-order valence-corrected chi connectivity index (χ0v) is 9.25. The summed E-state index contributed by atoms with van der Waals surface area (Å²) >= 11 is 5.78. The van der Waals surface area contributed by atoms with Gasteiger partial charge in [-0.25, -0.2) is 13.3 Å². The number of hydrogen-bond donors (Lipinski definition) is 2. The molecule has 0 aliphatic rings. The first-order valence-corrected chi connectivity index (χ1v) is 5.06. The Labute approximate surface area is 100 Å². The Morgan fingerprint density at radius 1 is 1.24 bits per heavy atom. The SMILES string of the molecule is Oc1cc(CF)c(O)n1-c1ccc(F)cc1Cl. The van der Waals surface area contributed by atoms with Crippen molar-refractivity contribution in [3.63, 3.8) is 0 Å². The number of hydrogen-bond acceptors (Lipinski definition) is 2. The van der Waals surface area contributed by atoms with Crippen LogP contribution >= 0.6 is 11.6 Å². The van der Waals surface area contributed by atoms with E-state index in [0.29, 0.717) is 0 Å². The molecule has 6 heteroatoms. The monoisotopic (exact) mass is 259 g/mol. The fraction of sp³-hybridized carbons (Fsp3) is 0.0909. The third kappa shape index (κ3) is 1.93. The summed E-state index contributed by atoms with van der Waals surface area (Å²) in [6.45, 7) is -0.925. The molecule has 17 heavy (non-hydrogen) atoms. The molecule has 0 amide bonds. The highest BCUT2D eigenvalue weighted by molar-refractivity contribution is 6.32. The molecule has 2 rings (SSSR count). The van der Waals surface area contributed by atoms with Crippen LogP contribution in [0.1, 0.15) is 5.56 Å². The molecule has 0 spiro atoms. The molecular formula is C11H8ClF2NO2. The Hall–Kier alpha value is -1.75. The van der Waals surface area contributed by atoms with Crippen LogP contribution in [0.2, 0.25) is 5.02 Å². The van der Waals surface area contributed by atoms with Crippen molar-refractivity contribution >= 4 is 11.6 Å². The smallest absolute Gasteiger partial charge is 0.204 e. The highest BCUT2D eigenvalue weighted by Gasteiger charge is 2.17. The number of nitrogens with zero attached hydrogens (tertiary/aromatic N) is 1. The van der Waals surface area contributed by atoms with Crippen molar-refractivity contribution in [2.75, 3.05) is 0 Å². The lowest BCUT2D eigenvalue weighted by molar-refractivity contribution is 0.393. The van der Waals surface area contributed by atoms with Crippen LogP contribution in [0.5, 0.6) is 11.8 Å². The molecule has 0 bridgehead atoms. The number of alkyl halides is 1. The standard InChI is InChI=1S/C11H8ClF2NO2/c12-8-4-7(14)1-2-9(8)15-10(16)3-6(5-13)11(15)17/h1-4,16-17H,5H2. The number of rotatable bonds is 2. The Balaban J connectivity index is 2.64. The van der Waals surface area contributed by atoms with Crippen molar-refractivity contribution in [1.82, 2.24) is 4.57 Å². The van der Waals surface area contributed by atoms with Gasteiger partial charge in [0.25, 0.3) is 0 Å². The Morgan fingerprint density at radius 2 is 1.94 bits per heavy atom. The zero-order chi connectivity index (χ0) is 12.6. The lowest BCUT2D eigenvalue weighted by Crippen LogP contribution is -1.94. The van der Waals surface area contributed by atoms with E-state index in [4.69, 9.17) is 11.6 Å². The molecule has 90 valence electrons. The molecule has 0 saturated carbocycles. The third-order valence-corrected chi connectivity index (χ3v) is 2.63. The van der Waals surface area contributed by atoms with Gasteiger partial charge in [-0.1, -0.05) is 11.6 Å². The van der Waals surface area contributed by atoms with E-state index in [-0.39, 0.29) is 22.2 Å². The first-order chi connectivity index (χ1) is 8.04. The van der Waals surface area contributed by atoms with Crippen molar-refractivity contribution in [2.45, 2.75) is 6.67 Å². The summed E-state index contributed by atoms with van der Waals surface area (Å²) in [7, 11) is 0. The summed E-state index contributed by atoms with van der Waals surface area (Å²) in [6.07, 6.45) is 0. The van der Waals surface area contributed by atoms with Crippen LogP contribution in [0, 0.1) is 5.82 Å². The summed E-state index contributed by atoms with van der Waals surface area (Å²) in [5.41, 5.74) is 0.102. The van der Waals surface area contributed by atoms with Crippen LogP contribution in [-0.2, 0) is 6.67 Å². The molecular weight excluding hydrogens is 252 g/mol. The average Bonchev–Trinajstić information content (AvgIpc) is 2.55. The van der Waals surface area contributed by atoms with Crippen molar-refractivity contribution in [3.8, 4) is 17.4 Å². The van der Waals surface area contributed by atoms with E-state index >= 15 is 0 Å². The second-order valence-corrected chi connectivity index (χ2v) is 3.82. The van der Waals surface area contributed by atoms with Crippen LogP contribution in [-0.4, -0.2) is 14.8 Å². The van der Waals surface area contributed by atoms with Crippen LogP contribution in [0.25, 0.3) is 5.69 Å². The zero-order valence-electron chi connectivity index (χ0n) is 8.49. The van der Waals surface area contributed by atoms with Crippen molar-refractivity contribution in [2.24, 2.45) is 0 Å². The molecule has 0 aliphatic carbocycles. The molecule has 0 atom stereocenters. The lowest BCUT2D eigenvalue weighted by atomic mass is 10.3. The number of aromatic hydroxyl groups is 2. The molecule has 0 aliphatic heterocycles. The molecule has 0 unspecified atom stereocenters. The summed E-state index contributed by atoms with van der Waals surface area (Å²) < 4.78 is 26.3. The van der Waals surface area contributed by atoms with Crippen LogP contribution in [0.15, 0.2) is 24.3 Å². The third-order valence-electron chi connectivity index (χ3n) is 2.33. The Bertz CT molecular complexity index is 569. The molecule has 3 nitrogen and oxygen atoms in total. The van der Waals surface area contributed by atoms with Gasteiger partial charge < -0.3 is 10.2 Å². The van der Waals surface area contributed by atoms with Gasteiger partial charge in [0.2, 0.25) is 5.88 Å².